The Morgan fingerprint density at radius 3 is 2.08 bits per heavy atom. The topological polar surface area (TPSA) is 98.2 Å². The fourth-order valence-electron chi connectivity index (χ4n) is 4.89. The third-order valence-corrected chi connectivity index (χ3v) is 7.52. The number of hydrogen-bond acceptors (Lipinski definition) is 4. The molecule has 1 aliphatic rings. The number of amides is 2. The molecule has 9 heteroatoms. The molecule has 2 N–H and O–H groups in total. The van der Waals surface area contributed by atoms with Gasteiger partial charge in [-0.1, -0.05) is 53.5 Å². The van der Waals surface area contributed by atoms with Gasteiger partial charge in [-0.25, -0.2) is 0 Å². The zero-order valence-electron chi connectivity index (χ0n) is 21.7. The first-order chi connectivity index (χ1) is 18.6. The Hall–Kier alpha value is -3.39. The molecule has 204 valence electrons. The van der Waals surface area contributed by atoms with Gasteiger partial charge in [0.25, 0.3) is 11.8 Å². The minimum absolute atomic E-state index is 0.0187. The number of benzene rings is 3. The van der Waals surface area contributed by atoms with Crippen molar-refractivity contribution < 1.29 is 24.6 Å². The van der Waals surface area contributed by atoms with E-state index in [4.69, 9.17) is 28.3 Å². The highest BCUT2D eigenvalue weighted by Crippen LogP contribution is 2.41. The van der Waals surface area contributed by atoms with Crippen molar-refractivity contribution in [3.8, 4) is 0 Å². The van der Waals surface area contributed by atoms with Gasteiger partial charge in [0.1, 0.15) is 6.04 Å². The Balaban J connectivity index is 1.89. The van der Waals surface area contributed by atoms with Crippen molar-refractivity contribution in [2.45, 2.75) is 51.3 Å². The minimum atomic E-state index is -0.984. The fourth-order valence-corrected chi connectivity index (χ4v) is 5.14. The number of halogens is 2. The number of aliphatic carboxylic acids is 1. The largest absolute Gasteiger partial charge is 0.481 e. The fraction of sp³-hybridized carbons (Fsp3) is 0.300. The number of hydrogen-bond donors (Lipinski definition) is 2. The Bertz CT molecular complexity index is 1360. The molecule has 0 aromatic heterocycles. The molecule has 1 unspecified atom stereocenters. The summed E-state index contributed by atoms with van der Waals surface area (Å²) >= 11 is 12.3. The second kappa shape index (κ2) is 12.2. The average molecular weight is 569 g/mol. The van der Waals surface area contributed by atoms with Crippen molar-refractivity contribution in [1.29, 1.82) is 0 Å². The van der Waals surface area contributed by atoms with Crippen LogP contribution in [0.3, 0.4) is 0 Å². The third-order valence-electron chi connectivity index (χ3n) is 7.01. The second-order valence-corrected chi connectivity index (χ2v) is 10.6. The van der Waals surface area contributed by atoms with Gasteiger partial charge in [0.2, 0.25) is 0 Å². The molecule has 39 heavy (non-hydrogen) atoms. The predicted molar refractivity (Wildman–Crippen MR) is 151 cm³/mol. The van der Waals surface area contributed by atoms with Crippen molar-refractivity contribution in [1.82, 2.24) is 4.90 Å². The van der Waals surface area contributed by atoms with Crippen LogP contribution < -0.4 is 4.90 Å². The number of fused-ring (bicyclic) bond motifs is 1. The lowest BCUT2D eigenvalue weighted by Gasteiger charge is -2.36. The van der Waals surface area contributed by atoms with Crippen LogP contribution >= 0.6 is 23.2 Å². The van der Waals surface area contributed by atoms with Gasteiger partial charge in [-0.3, -0.25) is 14.4 Å². The second-order valence-electron chi connectivity index (χ2n) is 9.69. The van der Waals surface area contributed by atoms with E-state index < -0.39 is 24.2 Å². The van der Waals surface area contributed by atoms with E-state index in [-0.39, 0.29) is 30.3 Å². The molecule has 2 amide bonds. The van der Waals surface area contributed by atoms with Crippen LogP contribution in [0.4, 0.5) is 5.69 Å². The van der Waals surface area contributed by atoms with Gasteiger partial charge in [0, 0.05) is 23.0 Å². The molecule has 3 aromatic rings. The molecule has 3 aromatic carbocycles. The molecule has 0 saturated carbocycles. The average Bonchev–Trinajstić information content (AvgIpc) is 2.99. The predicted octanol–water partition coefficient (Wildman–Crippen LogP) is 6.59. The first-order valence-electron chi connectivity index (χ1n) is 12.8. The number of aliphatic hydroxyl groups is 1. The summed E-state index contributed by atoms with van der Waals surface area (Å²) < 4.78 is 0. The Morgan fingerprint density at radius 2 is 1.49 bits per heavy atom. The van der Waals surface area contributed by atoms with E-state index in [2.05, 4.69) is 0 Å². The van der Waals surface area contributed by atoms with Crippen molar-refractivity contribution in [3.63, 3.8) is 0 Å². The van der Waals surface area contributed by atoms with E-state index in [1.807, 2.05) is 19.1 Å². The van der Waals surface area contributed by atoms with Gasteiger partial charge >= 0.3 is 5.97 Å². The van der Waals surface area contributed by atoms with E-state index in [0.29, 0.717) is 39.7 Å². The van der Waals surface area contributed by atoms with E-state index >= 15 is 0 Å². The van der Waals surface area contributed by atoms with Crippen LogP contribution in [0, 0.1) is 0 Å². The van der Waals surface area contributed by atoms with E-state index in [0.717, 1.165) is 5.56 Å². The van der Waals surface area contributed by atoms with Gasteiger partial charge in [-0.15, -0.1) is 0 Å². The lowest BCUT2D eigenvalue weighted by atomic mass is 9.98. The Kier molecular flexibility index (Phi) is 8.95. The summed E-state index contributed by atoms with van der Waals surface area (Å²) in [7, 11) is 0. The van der Waals surface area contributed by atoms with Gasteiger partial charge in [0.05, 0.1) is 23.4 Å². The summed E-state index contributed by atoms with van der Waals surface area (Å²) in [5.74, 6) is -1.59. The molecule has 0 fully saturated rings. The van der Waals surface area contributed by atoms with E-state index in [1.54, 1.807) is 71.3 Å². The highest BCUT2D eigenvalue weighted by atomic mass is 35.5. The molecule has 0 spiro atoms. The number of rotatable bonds is 9. The summed E-state index contributed by atoms with van der Waals surface area (Å²) in [6, 6.07) is 17.5. The third kappa shape index (κ3) is 6.27. The van der Waals surface area contributed by atoms with Crippen LogP contribution in [0.2, 0.25) is 10.0 Å². The van der Waals surface area contributed by atoms with Gasteiger partial charge in [-0.05, 0) is 79.8 Å². The minimum Gasteiger partial charge on any atom is -0.481 e. The number of anilines is 1. The molecule has 4 rings (SSSR count). The zero-order valence-corrected chi connectivity index (χ0v) is 23.2. The number of carbonyl (C=O) groups excluding carboxylic acids is 2. The number of carboxylic acid groups (broad SMARTS) is 1. The standard InChI is InChI=1S/C30H30Cl2N2O5/c1-18(20-6-11-23(31)12-7-20)34-28(21-8-13-24(32)14-9-21)30(39)33(16-4-3-5-27(36)37)26-15-10-22(19(2)35)17-25(26)29(34)38/h6-15,17-19,28,35H,3-5,16H2,1-2H3,(H,36,37)/t18-,19?,28-/m1/s1. The molecule has 3 atom stereocenters. The van der Waals surface area contributed by atoms with Crippen LogP contribution in [0.25, 0.3) is 0 Å². The molecule has 0 aliphatic carbocycles. The molecular formula is C30H30Cl2N2O5. The molecular weight excluding hydrogens is 539 g/mol. The summed E-state index contributed by atoms with van der Waals surface area (Å²) in [6.07, 6.45) is -0.0239. The highest BCUT2D eigenvalue weighted by molar-refractivity contribution is 6.30. The Labute approximate surface area is 237 Å². The summed E-state index contributed by atoms with van der Waals surface area (Å²) in [5, 5.41) is 20.4. The number of unbranched alkanes of at least 4 members (excludes halogenated alkanes) is 1. The molecule has 1 heterocycles. The number of aliphatic hydroxyl groups excluding tert-OH is 1. The number of nitrogens with zero attached hydrogens (tertiary/aromatic N) is 2. The van der Waals surface area contributed by atoms with Gasteiger partial charge < -0.3 is 20.0 Å². The zero-order chi connectivity index (χ0) is 28.3. The number of carboxylic acids is 1. The lowest BCUT2D eigenvalue weighted by Crippen LogP contribution is -2.44. The van der Waals surface area contributed by atoms with Crippen LogP contribution in [-0.2, 0) is 9.59 Å². The smallest absolute Gasteiger partial charge is 0.303 e. The van der Waals surface area contributed by atoms with E-state index in [9.17, 15) is 19.5 Å². The lowest BCUT2D eigenvalue weighted by molar-refractivity contribution is -0.137. The highest BCUT2D eigenvalue weighted by Gasteiger charge is 2.43. The van der Waals surface area contributed by atoms with Gasteiger partial charge in [0.15, 0.2) is 0 Å². The molecule has 0 radical (unpaired) electrons. The van der Waals surface area contributed by atoms with E-state index in [1.165, 1.54) is 0 Å². The van der Waals surface area contributed by atoms with Crippen LogP contribution in [0.15, 0.2) is 66.7 Å². The van der Waals surface area contributed by atoms with Crippen molar-refractivity contribution in [2.75, 3.05) is 11.4 Å². The quantitative estimate of drug-likeness (QED) is 0.283. The van der Waals surface area contributed by atoms with Crippen molar-refractivity contribution in [3.05, 3.63) is 99.0 Å². The maximum atomic E-state index is 14.4. The maximum absolute atomic E-state index is 14.4. The summed E-state index contributed by atoms with van der Waals surface area (Å²) in [4.78, 5) is 43.0. The van der Waals surface area contributed by atoms with Crippen molar-refractivity contribution in [2.24, 2.45) is 0 Å². The molecule has 1 aliphatic heterocycles. The number of carbonyl (C=O) groups is 3. The van der Waals surface area contributed by atoms with Crippen LogP contribution in [-0.4, -0.2) is 39.4 Å². The normalized spacial score (nSPS) is 17.0. The molecule has 0 saturated heterocycles. The molecule has 0 bridgehead atoms. The van der Waals surface area contributed by atoms with Crippen LogP contribution in [0.1, 0.15) is 78.3 Å². The maximum Gasteiger partial charge on any atom is 0.303 e. The van der Waals surface area contributed by atoms with Gasteiger partial charge in [-0.2, -0.15) is 0 Å². The monoisotopic (exact) mass is 568 g/mol. The molecule has 7 nitrogen and oxygen atoms in total. The summed E-state index contributed by atoms with van der Waals surface area (Å²) in [5.41, 5.74) is 2.65. The summed E-state index contributed by atoms with van der Waals surface area (Å²) in [6.45, 7) is 3.70. The van der Waals surface area contributed by atoms with Crippen LogP contribution in [0.5, 0.6) is 0 Å². The SMILES string of the molecule is CC(O)c1ccc2c(c1)C(=O)N([C@H](C)c1ccc(Cl)cc1)[C@H](c1ccc(Cl)cc1)C(=O)N2CCCCC(=O)O. The first kappa shape index (κ1) is 28.6. The van der Waals surface area contributed by atoms with Crippen molar-refractivity contribution >= 4 is 46.7 Å². The Morgan fingerprint density at radius 1 is 0.897 bits per heavy atom. The first-order valence-corrected chi connectivity index (χ1v) is 13.5.